The van der Waals surface area contributed by atoms with Crippen molar-refractivity contribution in [1.29, 1.82) is 0 Å². The third-order valence-corrected chi connectivity index (χ3v) is 8.28. The number of rotatable bonds is 6. The normalized spacial score (nSPS) is 32.8. The van der Waals surface area contributed by atoms with Gasteiger partial charge in [-0.15, -0.1) is 0 Å². The summed E-state index contributed by atoms with van der Waals surface area (Å²) in [7, 11) is -3.62. The minimum Gasteiger partial charge on any atom is -0.354 e. The van der Waals surface area contributed by atoms with Crippen molar-refractivity contribution in [3.05, 3.63) is 11.4 Å². The van der Waals surface area contributed by atoms with Gasteiger partial charge in [0.25, 0.3) is 0 Å². The summed E-state index contributed by atoms with van der Waals surface area (Å²) in [6.45, 7) is 3.84. The molecule has 1 aromatic heterocycles. The van der Waals surface area contributed by atoms with Crippen LogP contribution in [-0.2, 0) is 14.8 Å². The van der Waals surface area contributed by atoms with Gasteiger partial charge in [-0.05, 0) is 70.1 Å². The molecule has 4 fully saturated rings. The summed E-state index contributed by atoms with van der Waals surface area (Å²) in [5.74, 6) is 2.29. The Morgan fingerprint density at radius 1 is 1.12 bits per heavy atom. The molecule has 0 radical (unpaired) electrons. The number of aryl methyl sites for hydroxylation is 2. The topological polar surface area (TPSA) is 104 Å². The zero-order valence-electron chi connectivity index (χ0n) is 15.5. The second-order valence-corrected chi connectivity index (χ2v) is 10.3. The first-order valence-corrected chi connectivity index (χ1v) is 11.1. The average molecular weight is 381 g/mol. The standard InChI is InChI=1S/C18H28N4O3S/c1-11-16(12(2)22-21-11)26(24,25)20-4-3-19-17(23)18-8-13-5-14(9-18)7-15(6-13)10-18/h13-15,20H,3-10H2,1-2H3,(H,19,23)(H,21,22). The number of nitrogens with one attached hydrogen (secondary N) is 3. The maximum atomic E-state index is 12.9. The van der Waals surface area contributed by atoms with Gasteiger partial charge in [0.2, 0.25) is 15.9 Å². The van der Waals surface area contributed by atoms with Crippen LogP contribution in [0.4, 0.5) is 0 Å². The van der Waals surface area contributed by atoms with Crippen molar-refractivity contribution in [3.8, 4) is 0 Å². The minimum absolute atomic E-state index is 0.131. The highest BCUT2D eigenvalue weighted by Crippen LogP contribution is 2.60. The van der Waals surface area contributed by atoms with Crippen LogP contribution in [-0.4, -0.2) is 37.6 Å². The molecule has 1 aromatic rings. The molecular formula is C18H28N4O3S. The zero-order valence-corrected chi connectivity index (χ0v) is 16.3. The molecule has 0 aromatic carbocycles. The van der Waals surface area contributed by atoms with E-state index in [4.69, 9.17) is 0 Å². The highest BCUT2D eigenvalue weighted by Gasteiger charge is 2.54. The first-order valence-electron chi connectivity index (χ1n) is 9.58. The Labute approximate surface area is 154 Å². The molecule has 0 atom stereocenters. The number of nitrogens with zero attached hydrogens (tertiary/aromatic N) is 1. The summed E-state index contributed by atoms with van der Waals surface area (Å²) in [6, 6.07) is 0. The Morgan fingerprint density at radius 3 is 2.19 bits per heavy atom. The molecule has 144 valence electrons. The van der Waals surface area contributed by atoms with Crippen molar-refractivity contribution in [2.45, 2.75) is 57.3 Å². The number of aromatic amines is 1. The van der Waals surface area contributed by atoms with E-state index in [1.165, 1.54) is 19.3 Å². The molecule has 7 nitrogen and oxygen atoms in total. The molecule has 0 unspecified atom stereocenters. The Hall–Kier alpha value is -1.41. The van der Waals surface area contributed by atoms with Crippen LogP contribution in [0.2, 0.25) is 0 Å². The Kier molecular flexibility index (Phi) is 4.38. The molecule has 4 bridgehead atoms. The second-order valence-electron chi connectivity index (χ2n) is 8.61. The van der Waals surface area contributed by atoms with E-state index in [2.05, 4.69) is 20.2 Å². The number of H-pyrrole nitrogens is 1. The van der Waals surface area contributed by atoms with E-state index in [0.29, 0.717) is 17.9 Å². The fraction of sp³-hybridized carbons (Fsp3) is 0.778. The Morgan fingerprint density at radius 2 is 1.69 bits per heavy atom. The highest BCUT2D eigenvalue weighted by molar-refractivity contribution is 7.89. The van der Waals surface area contributed by atoms with E-state index < -0.39 is 10.0 Å². The predicted octanol–water partition coefficient (Wildman–Crippen LogP) is 1.64. The number of amides is 1. The Bertz CT molecular complexity index is 760. The van der Waals surface area contributed by atoms with Gasteiger partial charge in [-0.1, -0.05) is 0 Å². The quantitative estimate of drug-likeness (QED) is 0.653. The monoisotopic (exact) mass is 380 g/mol. The van der Waals surface area contributed by atoms with Gasteiger partial charge < -0.3 is 5.32 Å². The van der Waals surface area contributed by atoms with Crippen molar-refractivity contribution >= 4 is 15.9 Å². The summed E-state index contributed by atoms with van der Waals surface area (Å²) in [5.41, 5.74) is 0.783. The molecular weight excluding hydrogens is 352 g/mol. The first-order chi connectivity index (χ1) is 12.3. The van der Waals surface area contributed by atoms with Gasteiger partial charge in [-0.2, -0.15) is 5.10 Å². The van der Waals surface area contributed by atoms with Crippen LogP contribution in [0.3, 0.4) is 0 Å². The number of carbonyl (C=O) groups excluding carboxylic acids is 1. The summed E-state index contributed by atoms with van der Waals surface area (Å²) in [5, 5.41) is 9.62. The zero-order chi connectivity index (χ0) is 18.5. The molecule has 26 heavy (non-hydrogen) atoms. The van der Waals surface area contributed by atoms with Crippen LogP contribution >= 0.6 is 0 Å². The van der Waals surface area contributed by atoms with Gasteiger partial charge in [0, 0.05) is 18.5 Å². The van der Waals surface area contributed by atoms with Gasteiger partial charge in [0.05, 0.1) is 11.4 Å². The molecule has 4 aliphatic rings. The van der Waals surface area contributed by atoms with E-state index >= 15 is 0 Å². The van der Waals surface area contributed by atoms with Crippen LogP contribution in [0.15, 0.2) is 4.90 Å². The molecule has 4 aliphatic carbocycles. The predicted molar refractivity (Wildman–Crippen MR) is 96.9 cm³/mol. The minimum atomic E-state index is -3.62. The van der Waals surface area contributed by atoms with E-state index in [1.807, 2.05) is 0 Å². The average Bonchev–Trinajstić information content (AvgIpc) is 2.89. The van der Waals surface area contributed by atoms with Crippen LogP contribution in [0, 0.1) is 37.0 Å². The van der Waals surface area contributed by atoms with Gasteiger partial charge in [0.15, 0.2) is 0 Å². The van der Waals surface area contributed by atoms with Crippen molar-refractivity contribution in [3.63, 3.8) is 0 Å². The third-order valence-electron chi connectivity index (χ3n) is 6.55. The summed E-state index contributed by atoms with van der Waals surface area (Å²) >= 11 is 0. The number of carbonyl (C=O) groups is 1. The smallest absolute Gasteiger partial charge is 0.244 e. The van der Waals surface area contributed by atoms with Gasteiger partial charge >= 0.3 is 0 Å². The van der Waals surface area contributed by atoms with Crippen molar-refractivity contribution in [2.24, 2.45) is 23.2 Å². The Balaban J connectivity index is 1.32. The van der Waals surface area contributed by atoms with Crippen LogP contribution in [0.25, 0.3) is 0 Å². The molecule has 0 saturated heterocycles. The molecule has 8 heteroatoms. The van der Waals surface area contributed by atoms with Gasteiger partial charge in [-0.3, -0.25) is 9.89 Å². The molecule has 0 spiro atoms. The van der Waals surface area contributed by atoms with Crippen molar-refractivity contribution in [1.82, 2.24) is 20.2 Å². The lowest BCUT2D eigenvalue weighted by Gasteiger charge is -2.55. The van der Waals surface area contributed by atoms with Gasteiger partial charge in [0.1, 0.15) is 4.90 Å². The molecule has 3 N–H and O–H groups in total. The molecule has 4 saturated carbocycles. The van der Waals surface area contributed by atoms with Crippen molar-refractivity contribution in [2.75, 3.05) is 13.1 Å². The summed E-state index contributed by atoms with van der Waals surface area (Å²) < 4.78 is 27.4. The fourth-order valence-electron chi connectivity index (χ4n) is 5.95. The van der Waals surface area contributed by atoms with Crippen LogP contribution in [0.1, 0.15) is 49.9 Å². The van der Waals surface area contributed by atoms with Crippen molar-refractivity contribution < 1.29 is 13.2 Å². The van der Waals surface area contributed by atoms with Crippen LogP contribution < -0.4 is 10.0 Å². The highest BCUT2D eigenvalue weighted by atomic mass is 32.2. The number of hydrogen-bond acceptors (Lipinski definition) is 4. The first kappa shape index (κ1) is 18.0. The lowest BCUT2D eigenvalue weighted by atomic mass is 9.49. The SMILES string of the molecule is Cc1n[nH]c(C)c1S(=O)(=O)NCCNC(=O)C12CC3CC(CC(C3)C1)C2. The fourth-order valence-corrected chi connectivity index (χ4v) is 7.34. The number of aromatic nitrogens is 2. The maximum absolute atomic E-state index is 12.9. The lowest BCUT2D eigenvalue weighted by molar-refractivity contribution is -0.146. The van der Waals surface area contributed by atoms with Gasteiger partial charge in [-0.25, -0.2) is 13.1 Å². The summed E-state index contributed by atoms with van der Waals surface area (Å²) in [4.78, 5) is 13.1. The van der Waals surface area contributed by atoms with E-state index in [-0.39, 0.29) is 22.8 Å². The molecule has 1 amide bonds. The van der Waals surface area contributed by atoms with Crippen LogP contribution in [0.5, 0.6) is 0 Å². The molecule has 0 aliphatic heterocycles. The van der Waals surface area contributed by atoms with E-state index in [0.717, 1.165) is 37.0 Å². The largest absolute Gasteiger partial charge is 0.354 e. The number of sulfonamides is 1. The molecule has 1 heterocycles. The van der Waals surface area contributed by atoms with E-state index in [9.17, 15) is 13.2 Å². The third kappa shape index (κ3) is 3.07. The second kappa shape index (κ2) is 6.34. The van der Waals surface area contributed by atoms with E-state index in [1.54, 1.807) is 13.8 Å². The molecule has 5 rings (SSSR count). The maximum Gasteiger partial charge on any atom is 0.244 e. The summed E-state index contributed by atoms with van der Waals surface area (Å²) in [6.07, 6.45) is 6.96. The number of hydrogen-bond donors (Lipinski definition) is 3. The lowest BCUT2D eigenvalue weighted by Crippen LogP contribution is -2.54.